The molecule has 8 nitrogen and oxygen atoms in total. The maximum atomic E-state index is 11.1. The molecule has 0 aromatic heterocycles. The van der Waals surface area contributed by atoms with Gasteiger partial charge in [-0.2, -0.15) is 8.42 Å². The summed E-state index contributed by atoms with van der Waals surface area (Å²) >= 11 is 0.878. The van der Waals surface area contributed by atoms with Gasteiger partial charge in [0.05, 0.1) is 17.8 Å². The summed E-state index contributed by atoms with van der Waals surface area (Å²) in [5.41, 5.74) is 4.03. The van der Waals surface area contributed by atoms with Crippen LogP contribution in [0.2, 0.25) is 0 Å². The molecule has 0 amide bonds. The predicted molar refractivity (Wildman–Crippen MR) is 113 cm³/mol. The largest absolute Gasteiger partial charge is 0.481 e. The van der Waals surface area contributed by atoms with Crippen LogP contribution in [-0.2, 0) is 29.7 Å². The molecule has 0 radical (unpaired) electrons. The first-order valence-corrected chi connectivity index (χ1v) is 12.1. The van der Waals surface area contributed by atoms with E-state index in [0.717, 1.165) is 58.5 Å². The van der Waals surface area contributed by atoms with Gasteiger partial charge in [0.15, 0.2) is 0 Å². The summed E-state index contributed by atoms with van der Waals surface area (Å²) in [7, 11) is -4.01. The van der Waals surface area contributed by atoms with Crippen LogP contribution in [0.15, 0.2) is 28.7 Å². The molecule has 3 N–H and O–H groups in total. The van der Waals surface area contributed by atoms with Crippen molar-refractivity contribution in [2.75, 3.05) is 5.75 Å². The van der Waals surface area contributed by atoms with Gasteiger partial charge < -0.3 is 5.11 Å². The second kappa shape index (κ2) is 10.7. The topological polar surface area (TPSA) is 130 Å². The summed E-state index contributed by atoms with van der Waals surface area (Å²) in [5, 5.41) is 20.9. The van der Waals surface area contributed by atoms with E-state index in [9.17, 15) is 13.2 Å². The van der Waals surface area contributed by atoms with Gasteiger partial charge in [-0.05, 0) is 61.4 Å². The number of allylic oxidation sites excluding steroid dienone is 2. The second-order valence-corrected chi connectivity index (χ2v) is 10.1. The molecule has 0 saturated heterocycles. The zero-order chi connectivity index (χ0) is 22.4. The van der Waals surface area contributed by atoms with Crippen molar-refractivity contribution in [1.29, 1.82) is 0 Å². The van der Waals surface area contributed by atoms with Gasteiger partial charge in [0.1, 0.15) is 0 Å². The van der Waals surface area contributed by atoms with Crippen molar-refractivity contribution >= 4 is 33.7 Å². The van der Waals surface area contributed by atoms with Crippen LogP contribution in [0.5, 0.6) is 0 Å². The van der Waals surface area contributed by atoms with E-state index in [4.69, 9.17) is 14.9 Å². The molecule has 1 aromatic carbocycles. The molecule has 168 valence electrons. The molecule has 0 fully saturated rings. The van der Waals surface area contributed by atoms with Crippen molar-refractivity contribution < 1.29 is 37.5 Å². The van der Waals surface area contributed by atoms with Crippen LogP contribution in [0.25, 0.3) is 5.57 Å². The highest BCUT2D eigenvalue weighted by molar-refractivity contribution is 7.94. The third-order valence-corrected chi connectivity index (χ3v) is 7.13. The lowest BCUT2D eigenvalue weighted by Crippen LogP contribution is -2.21. The number of fused-ring (bicyclic) bond motifs is 1. The van der Waals surface area contributed by atoms with Crippen molar-refractivity contribution in [2.45, 2.75) is 69.1 Å². The highest BCUT2D eigenvalue weighted by atomic mass is 32.2. The Hall–Kier alpha value is -1.43. The van der Waals surface area contributed by atoms with Crippen molar-refractivity contribution in [3.8, 4) is 0 Å². The molecule has 0 saturated carbocycles. The molecule has 10 heteroatoms. The standard InChI is InChI=1S/C20H28O8S2/c1-14-16(7-6-12-30(24,25)26)17-10-9-15(29-28-27-23)13-18(17)20(14,2)11-5-3-4-8-19(21)22/h9-10,13,23H,3-8,11-12H2,1-2H3,(H,21,22)(H,24,25,26). The molecule has 30 heavy (non-hydrogen) atoms. The minimum Gasteiger partial charge on any atom is -0.481 e. The molecule has 0 bridgehead atoms. The van der Waals surface area contributed by atoms with E-state index in [1.54, 1.807) is 0 Å². The third-order valence-electron chi connectivity index (χ3n) is 5.75. The summed E-state index contributed by atoms with van der Waals surface area (Å²) in [4.78, 5) is 11.5. The summed E-state index contributed by atoms with van der Waals surface area (Å²) in [6, 6.07) is 5.74. The number of rotatable bonds is 13. The number of hydrogen-bond donors (Lipinski definition) is 3. The minimum atomic E-state index is -4.01. The van der Waals surface area contributed by atoms with E-state index in [1.807, 2.05) is 25.1 Å². The molecule has 2 rings (SSSR count). The van der Waals surface area contributed by atoms with Crippen molar-refractivity contribution in [2.24, 2.45) is 0 Å². The Morgan fingerprint density at radius 1 is 1.20 bits per heavy atom. The van der Waals surface area contributed by atoms with Crippen LogP contribution in [0.3, 0.4) is 0 Å². The Balaban J connectivity index is 2.25. The van der Waals surface area contributed by atoms with E-state index < -0.39 is 16.1 Å². The molecule has 0 heterocycles. The molecule has 0 aliphatic heterocycles. The molecule has 1 aliphatic carbocycles. The lowest BCUT2D eigenvalue weighted by atomic mass is 9.75. The first kappa shape index (κ1) is 24.8. The number of benzene rings is 1. The van der Waals surface area contributed by atoms with Gasteiger partial charge in [0.2, 0.25) is 0 Å². The van der Waals surface area contributed by atoms with Gasteiger partial charge >= 0.3 is 5.97 Å². The van der Waals surface area contributed by atoms with Gasteiger partial charge in [0, 0.05) is 16.7 Å². The van der Waals surface area contributed by atoms with Gasteiger partial charge in [-0.1, -0.05) is 36.4 Å². The lowest BCUT2D eigenvalue weighted by Gasteiger charge is -2.29. The summed E-state index contributed by atoms with van der Waals surface area (Å²) in [5.74, 6) is -1.09. The average molecular weight is 461 g/mol. The van der Waals surface area contributed by atoms with Crippen LogP contribution in [0.1, 0.15) is 69.9 Å². The van der Waals surface area contributed by atoms with Crippen molar-refractivity contribution in [3.05, 3.63) is 34.9 Å². The summed E-state index contributed by atoms with van der Waals surface area (Å²) in [6.45, 7) is 4.17. The van der Waals surface area contributed by atoms with Crippen molar-refractivity contribution in [1.82, 2.24) is 0 Å². The molecule has 1 aliphatic rings. The van der Waals surface area contributed by atoms with E-state index in [0.29, 0.717) is 19.3 Å². The van der Waals surface area contributed by atoms with Crippen LogP contribution in [0, 0.1) is 0 Å². The lowest BCUT2D eigenvalue weighted by molar-refractivity contribution is -0.432. The molecular formula is C20H28O8S2. The highest BCUT2D eigenvalue weighted by Crippen LogP contribution is 2.51. The third kappa shape index (κ3) is 6.53. The zero-order valence-corrected chi connectivity index (χ0v) is 18.7. The van der Waals surface area contributed by atoms with Gasteiger partial charge in [-0.3, -0.25) is 9.35 Å². The Kier molecular flexibility index (Phi) is 8.89. The normalized spacial score (nSPS) is 18.7. The van der Waals surface area contributed by atoms with Crippen LogP contribution < -0.4 is 0 Å². The zero-order valence-electron chi connectivity index (χ0n) is 17.1. The van der Waals surface area contributed by atoms with Crippen molar-refractivity contribution in [3.63, 3.8) is 0 Å². The highest BCUT2D eigenvalue weighted by Gasteiger charge is 2.38. The monoisotopic (exact) mass is 460 g/mol. The molecule has 1 unspecified atom stereocenters. The summed E-state index contributed by atoms with van der Waals surface area (Å²) < 4.78 is 35.8. The summed E-state index contributed by atoms with van der Waals surface area (Å²) in [6.07, 6.45) is 4.10. The maximum Gasteiger partial charge on any atom is 0.303 e. The fourth-order valence-electron chi connectivity index (χ4n) is 4.09. The number of carbonyl (C=O) groups is 1. The Bertz CT molecular complexity index is 894. The Morgan fingerprint density at radius 3 is 2.57 bits per heavy atom. The number of aliphatic carboxylic acids is 1. The fourth-order valence-corrected chi connectivity index (χ4v) is 5.00. The SMILES string of the molecule is CC1=C(CCCS(=O)(=O)O)c2ccc(SOOO)cc2C1(C)CCCCCC(=O)O. The van der Waals surface area contributed by atoms with Gasteiger partial charge in [-0.15, -0.1) is 4.33 Å². The fraction of sp³-hybridized carbons (Fsp3) is 0.550. The smallest absolute Gasteiger partial charge is 0.303 e. The number of carboxylic acid groups (broad SMARTS) is 1. The van der Waals surface area contributed by atoms with Gasteiger partial charge in [-0.25, -0.2) is 5.26 Å². The van der Waals surface area contributed by atoms with Crippen LogP contribution in [0.4, 0.5) is 0 Å². The number of carboxylic acids is 1. The van der Waals surface area contributed by atoms with E-state index in [2.05, 4.69) is 16.3 Å². The number of unbranched alkanes of at least 4 members (excludes halogenated alkanes) is 2. The second-order valence-electron chi connectivity index (χ2n) is 7.71. The van der Waals surface area contributed by atoms with E-state index in [1.165, 1.54) is 0 Å². The van der Waals surface area contributed by atoms with E-state index >= 15 is 0 Å². The number of hydrogen-bond acceptors (Lipinski definition) is 7. The molecule has 1 atom stereocenters. The van der Waals surface area contributed by atoms with Gasteiger partial charge in [0.25, 0.3) is 10.1 Å². The predicted octanol–water partition coefficient (Wildman–Crippen LogP) is 4.86. The Morgan fingerprint density at radius 2 is 1.93 bits per heavy atom. The average Bonchev–Trinajstić information content (AvgIpc) is 2.87. The first-order chi connectivity index (χ1) is 14.1. The molecule has 0 spiro atoms. The molecular weight excluding hydrogens is 432 g/mol. The molecule has 1 aromatic rings. The first-order valence-electron chi connectivity index (χ1n) is 9.75. The minimum absolute atomic E-state index is 0.155. The quantitative estimate of drug-likeness (QED) is 0.124. The van der Waals surface area contributed by atoms with E-state index in [-0.39, 0.29) is 17.6 Å². The Labute approximate surface area is 181 Å². The van der Waals surface area contributed by atoms with Crippen LogP contribution in [-0.4, -0.2) is 35.1 Å². The maximum absolute atomic E-state index is 11.1. The van der Waals surface area contributed by atoms with Crippen LogP contribution >= 0.6 is 12.0 Å².